The molecule has 2 N–H and O–H groups in total. The van der Waals surface area contributed by atoms with Gasteiger partial charge in [0.25, 0.3) is 0 Å². The third-order valence-corrected chi connectivity index (χ3v) is 9.98. The number of methoxy groups -OCH3 is 1. The van der Waals surface area contributed by atoms with E-state index in [0.29, 0.717) is 55.8 Å². The summed E-state index contributed by atoms with van der Waals surface area (Å²) in [5.41, 5.74) is 2.64. The van der Waals surface area contributed by atoms with Gasteiger partial charge in [-0.05, 0) is 115 Å². The average Bonchev–Trinajstić information content (AvgIpc) is 3.82. The Kier molecular flexibility index (Phi) is 10.3. The molecule has 0 bridgehead atoms. The van der Waals surface area contributed by atoms with E-state index in [9.17, 15) is 14.7 Å². The van der Waals surface area contributed by atoms with Gasteiger partial charge in [-0.25, -0.2) is 14.8 Å². The smallest absolute Gasteiger partial charge is 0.407 e. The zero-order valence-corrected chi connectivity index (χ0v) is 28.6. The first-order valence-electron chi connectivity index (χ1n) is 17.5. The highest BCUT2D eigenvalue weighted by Gasteiger charge is 2.35. The molecule has 3 aromatic rings. The van der Waals surface area contributed by atoms with E-state index >= 15 is 0 Å². The molecule has 3 fully saturated rings. The van der Waals surface area contributed by atoms with Crippen molar-refractivity contribution < 1.29 is 28.6 Å². The van der Waals surface area contributed by atoms with Gasteiger partial charge in [-0.15, -0.1) is 0 Å². The van der Waals surface area contributed by atoms with Crippen LogP contribution >= 0.6 is 0 Å². The van der Waals surface area contributed by atoms with Crippen molar-refractivity contribution >= 4 is 17.8 Å². The number of nitrogens with one attached hydrogen (secondary N) is 1. The molecule has 11 nitrogen and oxygen atoms in total. The number of amides is 2. The Bertz CT molecular complexity index is 1560. The lowest BCUT2D eigenvalue weighted by Crippen LogP contribution is -2.43. The molecular formula is C37H49N5O6. The molecular weight excluding hydrogens is 610 g/mol. The van der Waals surface area contributed by atoms with Crippen LogP contribution in [0.5, 0.6) is 5.75 Å². The van der Waals surface area contributed by atoms with Crippen molar-refractivity contribution in [3.63, 3.8) is 0 Å². The lowest BCUT2D eigenvalue weighted by Gasteiger charge is -2.35. The largest absolute Gasteiger partial charge is 0.495 e. The zero-order valence-electron chi connectivity index (χ0n) is 28.6. The van der Waals surface area contributed by atoms with Crippen LogP contribution in [0.2, 0.25) is 0 Å². The SMILES string of the molecule is COc1ccc([C@H]2CC[C@H](CN(c3cc(-c4coc(C5CC5)n4)ccn3)C(=O)[C@H]3CC[C@H](OC(=O)NCC(C)(C)O)CC3)CC2)nc1C. The van der Waals surface area contributed by atoms with Crippen molar-refractivity contribution in [2.75, 3.05) is 25.1 Å². The molecule has 6 rings (SSSR count). The summed E-state index contributed by atoms with van der Waals surface area (Å²) in [6, 6.07) is 7.97. The van der Waals surface area contributed by atoms with Gasteiger partial charge in [0.2, 0.25) is 5.91 Å². The first kappa shape index (κ1) is 33.9. The van der Waals surface area contributed by atoms with E-state index in [2.05, 4.69) is 11.4 Å². The summed E-state index contributed by atoms with van der Waals surface area (Å²) >= 11 is 0. The van der Waals surface area contributed by atoms with Crippen molar-refractivity contribution in [3.8, 4) is 17.0 Å². The van der Waals surface area contributed by atoms with Crippen LogP contribution in [0, 0.1) is 18.8 Å². The molecule has 3 aromatic heterocycles. The highest BCUT2D eigenvalue weighted by molar-refractivity contribution is 5.94. The third kappa shape index (κ3) is 8.53. The monoisotopic (exact) mass is 659 g/mol. The van der Waals surface area contributed by atoms with E-state index in [1.54, 1.807) is 33.4 Å². The maximum atomic E-state index is 14.3. The first-order valence-corrected chi connectivity index (χ1v) is 17.5. The maximum Gasteiger partial charge on any atom is 0.407 e. The number of aromatic nitrogens is 3. The number of hydrogen-bond donors (Lipinski definition) is 2. The van der Waals surface area contributed by atoms with Gasteiger partial charge in [0, 0.05) is 48.3 Å². The second kappa shape index (κ2) is 14.6. The molecule has 3 saturated carbocycles. The number of aliphatic hydroxyl groups is 1. The highest BCUT2D eigenvalue weighted by Crippen LogP contribution is 2.41. The van der Waals surface area contributed by atoms with Gasteiger partial charge in [0.1, 0.15) is 29.6 Å². The predicted octanol–water partition coefficient (Wildman–Crippen LogP) is 6.69. The number of ether oxygens (including phenoxy) is 2. The van der Waals surface area contributed by atoms with Crippen molar-refractivity contribution in [3.05, 3.63) is 54.0 Å². The van der Waals surface area contributed by atoms with Gasteiger partial charge in [0.05, 0.1) is 18.4 Å². The summed E-state index contributed by atoms with van der Waals surface area (Å²) in [6.45, 7) is 5.94. The number of pyridine rings is 2. The van der Waals surface area contributed by atoms with Crippen LogP contribution in [-0.2, 0) is 9.53 Å². The number of aryl methyl sites for hydroxylation is 1. The third-order valence-electron chi connectivity index (χ3n) is 9.98. The number of hydrogen-bond acceptors (Lipinski definition) is 9. The van der Waals surface area contributed by atoms with Crippen LogP contribution in [0.15, 0.2) is 41.1 Å². The Labute approximate surface area is 282 Å². The summed E-state index contributed by atoms with van der Waals surface area (Å²) in [7, 11) is 1.67. The Morgan fingerprint density at radius 2 is 1.73 bits per heavy atom. The molecule has 0 unspecified atom stereocenters. The van der Waals surface area contributed by atoms with Crippen LogP contribution < -0.4 is 15.0 Å². The molecule has 0 aromatic carbocycles. The van der Waals surface area contributed by atoms with Gasteiger partial charge in [-0.3, -0.25) is 14.7 Å². The fourth-order valence-corrected chi connectivity index (χ4v) is 7.00. The molecule has 0 atom stereocenters. The van der Waals surface area contributed by atoms with E-state index in [0.717, 1.165) is 72.8 Å². The minimum absolute atomic E-state index is 0.0676. The van der Waals surface area contributed by atoms with Crippen LogP contribution in [0.3, 0.4) is 0 Å². The molecule has 0 aliphatic heterocycles. The van der Waals surface area contributed by atoms with Gasteiger partial charge < -0.3 is 24.3 Å². The summed E-state index contributed by atoms with van der Waals surface area (Å²) in [4.78, 5) is 42.8. The predicted molar refractivity (Wildman–Crippen MR) is 181 cm³/mol. The quantitative estimate of drug-likeness (QED) is 0.230. The number of carbonyl (C=O) groups excluding carboxylic acids is 2. The summed E-state index contributed by atoms with van der Waals surface area (Å²) < 4.78 is 16.8. The van der Waals surface area contributed by atoms with Crippen LogP contribution in [0.25, 0.3) is 11.3 Å². The second-order valence-electron chi connectivity index (χ2n) is 14.5. The Balaban J connectivity index is 1.14. The van der Waals surface area contributed by atoms with Gasteiger partial charge >= 0.3 is 6.09 Å². The molecule has 3 aliphatic rings. The van der Waals surface area contributed by atoms with Crippen molar-refractivity contribution in [2.45, 2.75) is 109 Å². The van der Waals surface area contributed by atoms with Crippen molar-refractivity contribution in [1.29, 1.82) is 0 Å². The Hall–Kier alpha value is -3.99. The molecule has 0 radical (unpaired) electrons. The molecule has 48 heavy (non-hydrogen) atoms. The van der Waals surface area contributed by atoms with Crippen LogP contribution in [0.1, 0.15) is 107 Å². The van der Waals surface area contributed by atoms with Gasteiger partial charge in [0.15, 0.2) is 5.89 Å². The fraction of sp³-hybridized carbons (Fsp3) is 0.595. The number of nitrogens with zero attached hydrogens (tertiary/aromatic N) is 4. The van der Waals surface area contributed by atoms with Crippen LogP contribution in [0.4, 0.5) is 10.6 Å². The Morgan fingerprint density at radius 3 is 2.40 bits per heavy atom. The second-order valence-corrected chi connectivity index (χ2v) is 14.5. The number of alkyl carbamates (subject to hydrolysis) is 1. The van der Waals surface area contributed by atoms with Crippen molar-refractivity contribution in [1.82, 2.24) is 20.3 Å². The minimum atomic E-state index is -1.02. The van der Waals surface area contributed by atoms with Gasteiger partial charge in [-0.1, -0.05) is 0 Å². The maximum absolute atomic E-state index is 14.3. The average molecular weight is 660 g/mol. The van der Waals surface area contributed by atoms with E-state index in [-0.39, 0.29) is 24.5 Å². The normalized spacial score (nSPS) is 22.9. The standard InChI is InChI=1S/C37H49N5O6/c1-23-32(46-4)16-15-30(40-23)25-7-5-24(6-8-25)20-42(33-19-28(17-18-38-33)31-21-47-34(41-31)26-9-10-26)35(43)27-11-13-29(14-12-27)48-36(44)39-22-37(2,3)45/h15-19,21,24-27,29,45H,5-14,20,22H2,1-4H3,(H,39,44)/t24-,25-,27-,29-. The van der Waals surface area contributed by atoms with E-state index < -0.39 is 11.7 Å². The summed E-state index contributed by atoms with van der Waals surface area (Å²) in [5.74, 6) is 3.24. The van der Waals surface area contributed by atoms with E-state index in [1.807, 2.05) is 30.0 Å². The lowest BCUT2D eigenvalue weighted by atomic mass is 9.79. The molecule has 3 heterocycles. The molecule has 258 valence electrons. The first-order chi connectivity index (χ1) is 23.1. The van der Waals surface area contributed by atoms with Crippen LogP contribution in [-0.4, -0.2) is 64.0 Å². The topological polar surface area (TPSA) is 140 Å². The highest BCUT2D eigenvalue weighted by atomic mass is 16.6. The number of anilines is 1. The number of rotatable bonds is 11. The minimum Gasteiger partial charge on any atom is -0.495 e. The number of oxazole rings is 1. The summed E-state index contributed by atoms with van der Waals surface area (Å²) in [6.07, 6.45) is 11.4. The molecule has 2 amide bonds. The van der Waals surface area contributed by atoms with Gasteiger partial charge in [-0.2, -0.15) is 0 Å². The molecule has 0 spiro atoms. The molecule has 3 aliphatic carbocycles. The lowest BCUT2D eigenvalue weighted by molar-refractivity contribution is -0.124. The number of carbonyl (C=O) groups is 2. The van der Waals surface area contributed by atoms with E-state index in [4.69, 9.17) is 28.8 Å². The molecule has 11 heteroatoms. The zero-order chi connectivity index (χ0) is 33.8. The van der Waals surface area contributed by atoms with E-state index in [1.165, 1.54) is 0 Å². The Morgan fingerprint density at radius 1 is 1.00 bits per heavy atom. The van der Waals surface area contributed by atoms with Crippen molar-refractivity contribution in [2.24, 2.45) is 11.8 Å². The molecule has 0 saturated heterocycles. The summed E-state index contributed by atoms with van der Waals surface area (Å²) in [5, 5.41) is 12.5. The fourth-order valence-electron chi connectivity index (χ4n) is 7.00.